The molecule has 0 aliphatic heterocycles. The average Bonchev–Trinajstić information content (AvgIpc) is 2.59. The zero-order valence-electron chi connectivity index (χ0n) is 13.1. The second-order valence-electron chi connectivity index (χ2n) is 5.14. The van der Waals surface area contributed by atoms with Gasteiger partial charge in [-0.2, -0.15) is 0 Å². The van der Waals surface area contributed by atoms with E-state index in [4.69, 9.17) is 4.74 Å². The first kappa shape index (κ1) is 17.8. The molecular weight excluding hydrogens is 323 g/mol. The minimum Gasteiger partial charge on any atom is -0.497 e. The number of halogens is 3. The van der Waals surface area contributed by atoms with E-state index in [0.717, 1.165) is 4.90 Å². The van der Waals surface area contributed by atoms with Gasteiger partial charge < -0.3 is 14.7 Å². The molecule has 0 aliphatic carbocycles. The lowest BCUT2D eigenvalue weighted by Crippen LogP contribution is -2.33. The highest BCUT2D eigenvalue weighted by Gasteiger charge is 2.24. The third kappa shape index (κ3) is 3.51. The maximum absolute atomic E-state index is 13.3. The van der Waals surface area contributed by atoms with Crippen molar-refractivity contribution in [2.45, 2.75) is 6.04 Å². The van der Waals surface area contributed by atoms with Crippen LogP contribution in [0.15, 0.2) is 36.4 Å². The normalized spacial score (nSPS) is 11.9. The molecule has 0 spiro atoms. The SMILES string of the molecule is COc1ccc(C(CO)N(C)C(=O)c2cc(F)c(F)c(F)c2)cc1. The third-order valence-electron chi connectivity index (χ3n) is 3.69. The van der Waals surface area contributed by atoms with Gasteiger partial charge >= 0.3 is 0 Å². The van der Waals surface area contributed by atoms with Crippen LogP contribution in [0.5, 0.6) is 5.75 Å². The van der Waals surface area contributed by atoms with Crippen molar-refractivity contribution in [2.24, 2.45) is 0 Å². The maximum Gasteiger partial charge on any atom is 0.254 e. The molecule has 0 heterocycles. The molecule has 128 valence electrons. The minimum atomic E-state index is -1.64. The summed E-state index contributed by atoms with van der Waals surface area (Å²) in [7, 11) is 2.89. The molecule has 24 heavy (non-hydrogen) atoms. The molecule has 1 amide bonds. The second kappa shape index (κ2) is 7.35. The zero-order chi connectivity index (χ0) is 17.9. The van der Waals surface area contributed by atoms with Crippen LogP contribution in [-0.2, 0) is 0 Å². The molecule has 0 saturated carbocycles. The lowest BCUT2D eigenvalue weighted by atomic mass is 10.0. The van der Waals surface area contributed by atoms with Crippen molar-refractivity contribution in [1.29, 1.82) is 0 Å². The largest absolute Gasteiger partial charge is 0.497 e. The number of methoxy groups -OCH3 is 1. The Hall–Kier alpha value is -2.54. The van der Waals surface area contributed by atoms with Crippen LogP contribution in [0, 0.1) is 17.5 Å². The molecule has 4 nitrogen and oxygen atoms in total. The summed E-state index contributed by atoms with van der Waals surface area (Å²) < 4.78 is 44.7. The maximum atomic E-state index is 13.3. The second-order valence-corrected chi connectivity index (χ2v) is 5.14. The van der Waals surface area contributed by atoms with E-state index in [9.17, 15) is 23.1 Å². The standard InChI is InChI=1S/C17H16F3NO3/c1-21(15(9-22)10-3-5-12(24-2)6-4-10)17(23)11-7-13(18)16(20)14(19)8-11/h3-8,15,22H,9H2,1-2H3. The van der Waals surface area contributed by atoms with Crippen molar-refractivity contribution in [2.75, 3.05) is 20.8 Å². The average molecular weight is 339 g/mol. The molecular formula is C17H16F3NO3. The van der Waals surface area contributed by atoms with Crippen LogP contribution >= 0.6 is 0 Å². The molecule has 2 aromatic rings. The molecule has 2 rings (SSSR count). The molecule has 0 radical (unpaired) electrons. The first-order chi connectivity index (χ1) is 11.4. The van der Waals surface area contributed by atoms with E-state index in [1.54, 1.807) is 24.3 Å². The molecule has 1 atom stereocenters. The lowest BCUT2D eigenvalue weighted by Gasteiger charge is -2.27. The summed E-state index contributed by atoms with van der Waals surface area (Å²) in [5.41, 5.74) is 0.262. The number of carbonyl (C=O) groups is 1. The van der Waals surface area contributed by atoms with Gasteiger partial charge in [-0.1, -0.05) is 12.1 Å². The van der Waals surface area contributed by atoms with Crippen molar-refractivity contribution < 1.29 is 27.8 Å². The Kier molecular flexibility index (Phi) is 5.46. The van der Waals surface area contributed by atoms with Gasteiger partial charge in [0.05, 0.1) is 19.8 Å². The summed E-state index contributed by atoms with van der Waals surface area (Å²) in [6, 6.07) is 7.16. The van der Waals surface area contributed by atoms with Crippen molar-refractivity contribution in [3.63, 3.8) is 0 Å². The molecule has 2 aromatic carbocycles. The fourth-order valence-electron chi connectivity index (χ4n) is 2.30. The van der Waals surface area contributed by atoms with Gasteiger partial charge in [0.1, 0.15) is 5.75 Å². The van der Waals surface area contributed by atoms with Gasteiger partial charge in [0.25, 0.3) is 5.91 Å². The van der Waals surface area contributed by atoms with Crippen molar-refractivity contribution in [3.05, 3.63) is 65.0 Å². The Morgan fingerprint density at radius 2 is 1.71 bits per heavy atom. The van der Waals surface area contributed by atoms with E-state index in [2.05, 4.69) is 0 Å². The summed E-state index contributed by atoms with van der Waals surface area (Å²) in [6.07, 6.45) is 0. The van der Waals surface area contributed by atoms with E-state index >= 15 is 0 Å². The fraction of sp³-hybridized carbons (Fsp3) is 0.235. The molecule has 0 bridgehead atoms. The Labute approximate surface area is 137 Å². The summed E-state index contributed by atoms with van der Waals surface area (Å²) in [5, 5.41) is 9.59. The zero-order valence-corrected chi connectivity index (χ0v) is 13.1. The molecule has 0 aliphatic rings. The summed E-state index contributed by atoms with van der Waals surface area (Å²) in [4.78, 5) is 13.5. The first-order valence-electron chi connectivity index (χ1n) is 7.05. The Morgan fingerprint density at radius 1 is 1.17 bits per heavy atom. The van der Waals surface area contributed by atoms with Gasteiger partial charge in [-0.05, 0) is 29.8 Å². The quantitative estimate of drug-likeness (QED) is 0.852. The van der Waals surface area contributed by atoms with E-state index in [1.165, 1.54) is 14.2 Å². The van der Waals surface area contributed by atoms with E-state index in [0.29, 0.717) is 23.4 Å². The monoisotopic (exact) mass is 339 g/mol. The third-order valence-corrected chi connectivity index (χ3v) is 3.69. The number of carbonyl (C=O) groups excluding carboxylic acids is 1. The van der Waals surface area contributed by atoms with Gasteiger partial charge in [0, 0.05) is 12.6 Å². The number of hydrogen-bond donors (Lipinski definition) is 1. The van der Waals surface area contributed by atoms with Gasteiger partial charge in [-0.15, -0.1) is 0 Å². The number of ether oxygens (including phenoxy) is 1. The number of aliphatic hydroxyl groups excluding tert-OH is 1. The number of aliphatic hydroxyl groups is 1. The van der Waals surface area contributed by atoms with Crippen molar-refractivity contribution in [1.82, 2.24) is 4.90 Å². The number of benzene rings is 2. The van der Waals surface area contributed by atoms with Crippen LogP contribution in [0.3, 0.4) is 0 Å². The van der Waals surface area contributed by atoms with Crippen LogP contribution in [-0.4, -0.2) is 36.7 Å². The Balaban J connectivity index is 2.30. The Bertz CT molecular complexity index is 711. The van der Waals surface area contributed by atoms with Crippen LogP contribution in [0.2, 0.25) is 0 Å². The highest BCUT2D eigenvalue weighted by molar-refractivity contribution is 5.94. The number of hydrogen-bond acceptors (Lipinski definition) is 3. The number of likely N-dealkylation sites (N-methyl/N-ethyl adjacent to an activating group) is 1. The predicted molar refractivity (Wildman–Crippen MR) is 81.2 cm³/mol. The molecule has 0 saturated heterocycles. The molecule has 0 aromatic heterocycles. The summed E-state index contributed by atoms with van der Waals surface area (Å²) >= 11 is 0. The molecule has 7 heteroatoms. The lowest BCUT2D eigenvalue weighted by molar-refractivity contribution is 0.0657. The van der Waals surface area contributed by atoms with Gasteiger partial charge in [-0.25, -0.2) is 13.2 Å². The van der Waals surface area contributed by atoms with Crippen LogP contribution in [0.4, 0.5) is 13.2 Å². The summed E-state index contributed by atoms with van der Waals surface area (Å²) in [5.74, 6) is -4.67. The molecule has 1 unspecified atom stereocenters. The highest BCUT2D eigenvalue weighted by Crippen LogP contribution is 2.24. The fourth-order valence-corrected chi connectivity index (χ4v) is 2.30. The number of amides is 1. The molecule has 0 fully saturated rings. The number of rotatable bonds is 5. The van der Waals surface area contributed by atoms with E-state index in [-0.39, 0.29) is 5.56 Å². The smallest absolute Gasteiger partial charge is 0.254 e. The van der Waals surface area contributed by atoms with E-state index < -0.39 is 36.0 Å². The van der Waals surface area contributed by atoms with E-state index in [1.807, 2.05) is 0 Å². The molecule has 1 N–H and O–H groups in total. The Morgan fingerprint density at radius 3 is 2.17 bits per heavy atom. The predicted octanol–water partition coefficient (Wildman–Crippen LogP) is 2.92. The van der Waals surface area contributed by atoms with Gasteiger partial charge in [-0.3, -0.25) is 4.79 Å². The highest BCUT2D eigenvalue weighted by atomic mass is 19.2. The first-order valence-corrected chi connectivity index (χ1v) is 7.05. The van der Waals surface area contributed by atoms with Gasteiger partial charge in [0.15, 0.2) is 17.5 Å². The van der Waals surface area contributed by atoms with Crippen LogP contribution < -0.4 is 4.74 Å². The van der Waals surface area contributed by atoms with Crippen LogP contribution in [0.25, 0.3) is 0 Å². The van der Waals surface area contributed by atoms with Crippen molar-refractivity contribution in [3.8, 4) is 5.75 Å². The summed E-state index contributed by atoms with van der Waals surface area (Å²) in [6.45, 7) is -0.402. The van der Waals surface area contributed by atoms with Gasteiger partial charge in [0.2, 0.25) is 0 Å². The van der Waals surface area contributed by atoms with Crippen molar-refractivity contribution >= 4 is 5.91 Å². The number of nitrogens with zero attached hydrogens (tertiary/aromatic N) is 1. The van der Waals surface area contributed by atoms with Crippen LogP contribution in [0.1, 0.15) is 22.0 Å². The minimum absolute atomic E-state index is 0.346. The topological polar surface area (TPSA) is 49.8 Å².